The van der Waals surface area contributed by atoms with Crippen molar-refractivity contribution in [2.45, 2.75) is 13.8 Å². The van der Waals surface area contributed by atoms with Crippen LogP contribution in [0.25, 0.3) is 0 Å². The summed E-state index contributed by atoms with van der Waals surface area (Å²) in [6.07, 6.45) is 1.69. The molecule has 0 fully saturated rings. The normalized spacial score (nSPS) is 10.4. The van der Waals surface area contributed by atoms with E-state index in [-0.39, 0.29) is 0 Å². The Balaban J connectivity index is 2.34. The molecule has 2 rings (SSSR count). The van der Waals surface area contributed by atoms with Gasteiger partial charge in [-0.1, -0.05) is 17.7 Å². The first-order chi connectivity index (χ1) is 8.06. The minimum absolute atomic E-state index is 0.425. The largest absolute Gasteiger partial charge is 0.456 e. The molecule has 2 aromatic rings. The Kier molecular flexibility index (Phi) is 3.69. The Bertz CT molecular complexity index is 557. The van der Waals surface area contributed by atoms with Crippen LogP contribution in [0.2, 0.25) is 5.15 Å². The molecule has 1 aromatic heterocycles. The lowest BCUT2D eigenvalue weighted by atomic mass is 10.2. The van der Waals surface area contributed by atoms with Gasteiger partial charge in [0.05, 0.1) is 4.47 Å². The van der Waals surface area contributed by atoms with Crippen molar-refractivity contribution in [2.75, 3.05) is 0 Å². The molecule has 0 saturated heterocycles. The Labute approximate surface area is 114 Å². The van der Waals surface area contributed by atoms with Crippen LogP contribution in [-0.4, -0.2) is 4.98 Å². The number of aromatic nitrogens is 1. The number of pyridine rings is 1. The number of nitrogens with zero attached hydrogens (tertiary/aromatic N) is 1. The van der Waals surface area contributed by atoms with Crippen LogP contribution in [0.3, 0.4) is 0 Å². The standard InChI is InChI=1S/C13H11BrClNO/c1-8-3-4-11(10(14)5-8)17-12-6-13(15)16-7-9(12)2/h3-7H,1-2H3. The number of rotatable bonds is 2. The summed E-state index contributed by atoms with van der Waals surface area (Å²) < 4.78 is 6.73. The molecule has 4 heteroatoms. The summed E-state index contributed by atoms with van der Waals surface area (Å²) >= 11 is 9.32. The van der Waals surface area contributed by atoms with Crippen molar-refractivity contribution in [3.63, 3.8) is 0 Å². The maximum Gasteiger partial charge on any atom is 0.141 e. The van der Waals surface area contributed by atoms with Crippen LogP contribution in [0, 0.1) is 13.8 Å². The second kappa shape index (κ2) is 5.07. The van der Waals surface area contributed by atoms with Crippen molar-refractivity contribution in [1.82, 2.24) is 4.98 Å². The summed E-state index contributed by atoms with van der Waals surface area (Å²) in [5.74, 6) is 1.48. The van der Waals surface area contributed by atoms with Crippen LogP contribution in [0.5, 0.6) is 11.5 Å². The molecule has 1 aromatic carbocycles. The third-order valence-electron chi connectivity index (χ3n) is 2.33. The average Bonchev–Trinajstić information content (AvgIpc) is 2.27. The van der Waals surface area contributed by atoms with E-state index >= 15 is 0 Å². The smallest absolute Gasteiger partial charge is 0.141 e. The van der Waals surface area contributed by atoms with Gasteiger partial charge in [-0.3, -0.25) is 0 Å². The predicted molar refractivity (Wildman–Crippen MR) is 72.9 cm³/mol. The van der Waals surface area contributed by atoms with Crippen molar-refractivity contribution in [3.8, 4) is 11.5 Å². The highest BCUT2D eigenvalue weighted by molar-refractivity contribution is 9.10. The van der Waals surface area contributed by atoms with E-state index in [9.17, 15) is 0 Å². The third kappa shape index (κ3) is 2.99. The van der Waals surface area contributed by atoms with E-state index < -0.39 is 0 Å². The topological polar surface area (TPSA) is 22.1 Å². The summed E-state index contributed by atoms with van der Waals surface area (Å²) in [4.78, 5) is 3.99. The van der Waals surface area contributed by atoms with Crippen LogP contribution in [0.1, 0.15) is 11.1 Å². The quantitative estimate of drug-likeness (QED) is 0.735. The molecule has 0 aliphatic carbocycles. The molecule has 0 spiro atoms. The van der Waals surface area contributed by atoms with Gasteiger partial charge in [0.2, 0.25) is 0 Å². The van der Waals surface area contributed by atoms with Gasteiger partial charge < -0.3 is 4.74 Å². The van der Waals surface area contributed by atoms with E-state index in [1.807, 2.05) is 32.0 Å². The van der Waals surface area contributed by atoms with Crippen molar-refractivity contribution >= 4 is 27.5 Å². The van der Waals surface area contributed by atoms with E-state index in [1.165, 1.54) is 5.56 Å². The van der Waals surface area contributed by atoms with Gasteiger partial charge in [0, 0.05) is 17.8 Å². The van der Waals surface area contributed by atoms with Crippen LogP contribution < -0.4 is 4.74 Å². The minimum atomic E-state index is 0.425. The third-order valence-corrected chi connectivity index (χ3v) is 3.15. The molecule has 1 heterocycles. The highest BCUT2D eigenvalue weighted by Gasteiger charge is 2.06. The number of hydrogen-bond donors (Lipinski definition) is 0. The highest BCUT2D eigenvalue weighted by Crippen LogP contribution is 2.32. The number of halogens is 2. The van der Waals surface area contributed by atoms with E-state index in [4.69, 9.17) is 16.3 Å². The number of ether oxygens (including phenoxy) is 1. The summed E-state index contributed by atoms with van der Waals surface area (Å²) in [6.45, 7) is 3.96. The van der Waals surface area contributed by atoms with Crippen LogP contribution >= 0.6 is 27.5 Å². The summed E-state index contributed by atoms with van der Waals surface area (Å²) in [7, 11) is 0. The first-order valence-corrected chi connectivity index (χ1v) is 6.29. The van der Waals surface area contributed by atoms with Crippen molar-refractivity contribution < 1.29 is 4.74 Å². The summed E-state index contributed by atoms with van der Waals surface area (Å²) in [5.41, 5.74) is 2.12. The van der Waals surface area contributed by atoms with Gasteiger partial charge in [-0.15, -0.1) is 0 Å². The first-order valence-electron chi connectivity index (χ1n) is 5.12. The lowest BCUT2D eigenvalue weighted by molar-refractivity contribution is 0.475. The molecule has 2 nitrogen and oxygen atoms in total. The van der Waals surface area contributed by atoms with Crippen LogP contribution in [-0.2, 0) is 0 Å². The predicted octanol–water partition coefficient (Wildman–Crippen LogP) is 4.91. The Morgan fingerprint density at radius 3 is 2.65 bits per heavy atom. The molecular formula is C13H11BrClNO. The lowest BCUT2D eigenvalue weighted by Gasteiger charge is -2.10. The molecule has 17 heavy (non-hydrogen) atoms. The van der Waals surface area contributed by atoms with Crippen molar-refractivity contribution in [1.29, 1.82) is 0 Å². The zero-order chi connectivity index (χ0) is 12.4. The fourth-order valence-electron chi connectivity index (χ4n) is 1.40. The number of aryl methyl sites for hydroxylation is 2. The molecular weight excluding hydrogens is 302 g/mol. The fraction of sp³-hybridized carbons (Fsp3) is 0.154. The zero-order valence-corrected chi connectivity index (χ0v) is 11.8. The average molecular weight is 313 g/mol. The molecule has 0 amide bonds. The second-order valence-electron chi connectivity index (χ2n) is 3.81. The summed E-state index contributed by atoms with van der Waals surface area (Å²) in [6, 6.07) is 7.64. The lowest BCUT2D eigenvalue weighted by Crippen LogP contribution is -1.90. The first kappa shape index (κ1) is 12.4. The van der Waals surface area contributed by atoms with E-state index in [0.717, 1.165) is 21.5 Å². The monoisotopic (exact) mass is 311 g/mol. The van der Waals surface area contributed by atoms with Gasteiger partial charge in [0.15, 0.2) is 0 Å². The maximum absolute atomic E-state index is 5.85. The Morgan fingerprint density at radius 2 is 1.94 bits per heavy atom. The summed E-state index contributed by atoms with van der Waals surface area (Å²) in [5, 5.41) is 0.425. The van der Waals surface area contributed by atoms with Crippen LogP contribution in [0.15, 0.2) is 34.9 Å². The molecule has 0 saturated carbocycles. The molecule has 0 aliphatic heterocycles. The Morgan fingerprint density at radius 1 is 1.18 bits per heavy atom. The van der Waals surface area contributed by atoms with Crippen molar-refractivity contribution in [3.05, 3.63) is 51.2 Å². The molecule has 0 unspecified atom stereocenters. The Hall–Kier alpha value is -1.06. The van der Waals surface area contributed by atoms with Gasteiger partial charge >= 0.3 is 0 Å². The number of benzene rings is 1. The van der Waals surface area contributed by atoms with Gasteiger partial charge in [-0.25, -0.2) is 4.98 Å². The molecule has 88 valence electrons. The van der Waals surface area contributed by atoms with Crippen molar-refractivity contribution in [2.24, 2.45) is 0 Å². The molecule has 0 N–H and O–H groups in total. The van der Waals surface area contributed by atoms with Gasteiger partial charge in [0.1, 0.15) is 16.7 Å². The highest BCUT2D eigenvalue weighted by atomic mass is 79.9. The molecule has 0 radical (unpaired) electrons. The van der Waals surface area contributed by atoms with Gasteiger partial charge in [0.25, 0.3) is 0 Å². The van der Waals surface area contributed by atoms with Gasteiger partial charge in [-0.05, 0) is 47.5 Å². The minimum Gasteiger partial charge on any atom is -0.456 e. The molecule has 0 bridgehead atoms. The van der Waals surface area contributed by atoms with E-state index in [2.05, 4.69) is 20.9 Å². The maximum atomic E-state index is 5.85. The van der Waals surface area contributed by atoms with Gasteiger partial charge in [-0.2, -0.15) is 0 Å². The zero-order valence-electron chi connectivity index (χ0n) is 9.50. The van der Waals surface area contributed by atoms with Crippen LogP contribution in [0.4, 0.5) is 0 Å². The van der Waals surface area contributed by atoms with E-state index in [0.29, 0.717) is 5.15 Å². The fourth-order valence-corrected chi connectivity index (χ4v) is 2.12. The number of hydrogen-bond acceptors (Lipinski definition) is 2. The SMILES string of the molecule is Cc1ccc(Oc2cc(Cl)ncc2C)c(Br)c1. The second-order valence-corrected chi connectivity index (χ2v) is 5.05. The molecule has 0 aliphatic rings. The van der Waals surface area contributed by atoms with E-state index in [1.54, 1.807) is 12.3 Å². The molecule has 0 atom stereocenters.